The molecule has 0 aromatic heterocycles. The molecule has 0 aliphatic rings. The minimum atomic E-state index is -0.695. The van der Waals surface area contributed by atoms with E-state index in [4.69, 9.17) is 11.2 Å². The van der Waals surface area contributed by atoms with Crippen molar-refractivity contribution >= 4 is 12.0 Å². The van der Waals surface area contributed by atoms with Gasteiger partial charge in [0.2, 0.25) is 0 Å². The zero-order valence-electron chi connectivity index (χ0n) is 12.9. The first-order valence-corrected chi connectivity index (χ1v) is 7.21. The predicted molar refractivity (Wildman–Crippen MR) is 91.2 cm³/mol. The van der Waals surface area contributed by atoms with E-state index in [9.17, 15) is 4.79 Å². The third-order valence-corrected chi connectivity index (χ3v) is 3.12. The summed E-state index contributed by atoms with van der Waals surface area (Å²) in [5.74, 6) is 2.97. The summed E-state index contributed by atoms with van der Waals surface area (Å²) in [6, 6.07) is 16.8. The van der Waals surface area contributed by atoms with E-state index in [0.29, 0.717) is 6.61 Å². The van der Waals surface area contributed by atoms with Gasteiger partial charge in [0.05, 0.1) is 6.21 Å². The Kier molecular flexibility index (Phi) is 5.96. The second-order valence-corrected chi connectivity index (χ2v) is 4.94. The number of carbonyl (C=O) groups excluding carboxylic acids is 1. The second kappa shape index (κ2) is 8.40. The van der Waals surface area contributed by atoms with E-state index in [1.54, 1.807) is 6.21 Å². The summed E-state index contributed by atoms with van der Waals surface area (Å²) in [6.45, 7) is 1.95. The van der Waals surface area contributed by atoms with Gasteiger partial charge in [0, 0.05) is 0 Å². The highest BCUT2D eigenvalue weighted by Crippen LogP contribution is 2.13. The van der Waals surface area contributed by atoms with Crippen molar-refractivity contribution in [3.63, 3.8) is 0 Å². The van der Waals surface area contributed by atoms with Gasteiger partial charge in [-0.1, -0.05) is 36.3 Å². The molecule has 0 bridgehead atoms. The largest absolute Gasteiger partial charge is 0.489 e. The number of ketones is 1. The zero-order chi connectivity index (χ0) is 16.5. The summed E-state index contributed by atoms with van der Waals surface area (Å²) in [5, 5.41) is 3.98. The molecule has 1 atom stereocenters. The number of Topliss-reactive ketones (excluding diaryl/α,β-unsaturated/α-hetero) is 1. The van der Waals surface area contributed by atoms with E-state index in [1.807, 2.05) is 54.6 Å². The van der Waals surface area contributed by atoms with E-state index >= 15 is 0 Å². The van der Waals surface area contributed by atoms with Crippen molar-refractivity contribution in [3.05, 3.63) is 65.7 Å². The van der Waals surface area contributed by atoms with Gasteiger partial charge in [-0.05, 0) is 42.3 Å². The summed E-state index contributed by atoms with van der Waals surface area (Å²) in [7, 11) is 0. The van der Waals surface area contributed by atoms with Gasteiger partial charge in [-0.25, -0.2) is 0 Å². The zero-order valence-corrected chi connectivity index (χ0v) is 12.9. The second-order valence-electron chi connectivity index (χ2n) is 4.94. The fourth-order valence-corrected chi connectivity index (χ4v) is 1.82. The van der Waals surface area contributed by atoms with Crippen molar-refractivity contribution in [3.8, 4) is 18.1 Å². The van der Waals surface area contributed by atoms with Crippen molar-refractivity contribution in [1.29, 1.82) is 0 Å². The lowest BCUT2D eigenvalue weighted by Gasteiger charge is -2.07. The average Bonchev–Trinajstić information content (AvgIpc) is 2.58. The maximum atomic E-state index is 11.2. The normalized spacial score (nSPS) is 11.7. The van der Waals surface area contributed by atoms with E-state index in [2.05, 4.69) is 16.4 Å². The van der Waals surface area contributed by atoms with E-state index < -0.39 is 6.04 Å². The molecule has 0 spiro atoms. The molecule has 4 heteroatoms. The number of hydrazone groups is 1. The third-order valence-electron chi connectivity index (χ3n) is 3.12. The number of rotatable bonds is 7. The Bertz CT molecular complexity index is 700. The Hall–Kier alpha value is -3.06. The van der Waals surface area contributed by atoms with Crippen LogP contribution in [0.2, 0.25) is 0 Å². The summed E-state index contributed by atoms with van der Waals surface area (Å²) in [5.41, 5.74) is 4.63. The number of hydrogen-bond donors (Lipinski definition) is 1. The molecule has 2 aromatic rings. The molecule has 2 rings (SSSR count). The van der Waals surface area contributed by atoms with Crippen LogP contribution >= 0.6 is 0 Å². The highest BCUT2D eigenvalue weighted by Gasteiger charge is 2.07. The highest BCUT2D eigenvalue weighted by atomic mass is 16.5. The molecule has 0 saturated carbocycles. The number of benzene rings is 2. The minimum Gasteiger partial charge on any atom is -0.489 e. The SMILES string of the molecule is C#CC(NN=Cc1ccc(OCc2ccccc2)cc1)C(C)=O. The summed E-state index contributed by atoms with van der Waals surface area (Å²) < 4.78 is 5.71. The van der Waals surface area contributed by atoms with Crippen molar-refractivity contribution in [2.45, 2.75) is 19.6 Å². The average molecular weight is 306 g/mol. The van der Waals surface area contributed by atoms with Crippen LogP contribution in [-0.2, 0) is 11.4 Å². The molecule has 2 aromatic carbocycles. The minimum absolute atomic E-state index is 0.144. The van der Waals surface area contributed by atoms with Gasteiger partial charge >= 0.3 is 0 Å². The van der Waals surface area contributed by atoms with Crippen LogP contribution in [0.1, 0.15) is 18.1 Å². The third kappa shape index (κ3) is 5.33. The number of nitrogens with zero attached hydrogens (tertiary/aromatic N) is 1. The molecule has 0 amide bonds. The number of terminal acetylenes is 1. The van der Waals surface area contributed by atoms with Gasteiger partial charge in [-0.3, -0.25) is 10.2 Å². The summed E-state index contributed by atoms with van der Waals surface area (Å²) in [4.78, 5) is 11.2. The van der Waals surface area contributed by atoms with Gasteiger partial charge in [-0.2, -0.15) is 5.10 Å². The van der Waals surface area contributed by atoms with Crippen molar-refractivity contribution < 1.29 is 9.53 Å². The first-order valence-electron chi connectivity index (χ1n) is 7.21. The van der Waals surface area contributed by atoms with Gasteiger partial charge in [-0.15, -0.1) is 6.42 Å². The maximum absolute atomic E-state index is 11.2. The van der Waals surface area contributed by atoms with E-state index in [0.717, 1.165) is 16.9 Å². The molecule has 0 heterocycles. The maximum Gasteiger partial charge on any atom is 0.165 e. The van der Waals surface area contributed by atoms with Crippen LogP contribution in [0, 0.1) is 12.3 Å². The van der Waals surface area contributed by atoms with Crippen LogP contribution in [0.25, 0.3) is 0 Å². The van der Waals surface area contributed by atoms with E-state index in [1.165, 1.54) is 6.92 Å². The molecular weight excluding hydrogens is 288 g/mol. The van der Waals surface area contributed by atoms with Crippen molar-refractivity contribution in [2.75, 3.05) is 0 Å². The molecule has 0 aliphatic heterocycles. The van der Waals surface area contributed by atoms with Gasteiger partial charge in [0.1, 0.15) is 12.4 Å². The topological polar surface area (TPSA) is 50.7 Å². The van der Waals surface area contributed by atoms with Crippen LogP contribution in [0.5, 0.6) is 5.75 Å². The molecule has 116 valence electrons. The van der Waals surface area contributed by atoms with Crippen LogP contribution in [0.3, 0.4) is 0 Å². The standard InChI is InChI=1S/C19H18N2O2/c1-3-19(15(2)22)21-20-13-16-9-11-18(12-10-16)23-14-17-7-5-4-6-8-17/h1,4-13,19,21H,14H2,2H3. The van der Waals surface area contributed by atoms with Gasteiger partial charge < -0.3 is 4.74 Å². The van der Waals surface area contributed by atoms with E-state index in [-0.39, 0.29) is 5.78 Å². The Morgan fingerprint density at radius 1 is 1.26 bits per heavy atom. The number of ether oxygens (including phenoxy) is 1. The Balaban J connectivity index is 1.87. The van der Waals surface area contributed by atoms with Crippen LogP contribution in [0.4, 0.5) is 0 Å². The van der Waals surface area contributed by atoms with Gasteiger partial charge in [0.15, 0.2) is 11.8 Å². The Morgan fingerprint density at radius 3 is 2.57 bits per heavy atom. The molecule has 0 radical (unpaired) electrons. The monoisotopic (exact) mass is 306 g/mol. The quantitative estimate of drug-likeness (QED) is 0.486. The lowest BCUT2D eigenvalue weighted by molar-refractivity contribution is -0.117. The highest BCUT2D eigenvalue weighted by molar-refractivity contribution is 5.85. The fourth-order valence-electron chi connectivity index (χ4n) is 1.82. The van der Waals surface area contributed by atoms with Crippen molar-refractivity contribution in [1.82, 2.24) is 5.43 Å². The molecule has 1 N–H and O–H groups in total. The molecular formula is C19H18N2O2. The lowest BCUT2D eigenvalue weighted by atomic mass is 10.2. The van der Waals surface area contributed by atoms with Gasteiger partial charge in [0.25, 0.3) is 0 Å². The number of carbonyl (C=O) groups is 1. The summed E-state index contributed by atoms with van der Waals surface area (Å²) >= 11 is 0. The molecule has 1 unspecified atom stereocenters. The summed E-state index contributed by atoms with van der Waals surface area (Å²) in [6.07, 6.45) is 6.84. The lowest BCUT2D eigenvalue weighted by Crippen LogP contribution is -2.29. The van der Waals surface area contributed by atoms with Crippen LogP contribution in [0.15, 0.2) is 59.7 Å². The predicted octanol–water partition coefficient (Wildman–Crippen LogP) is 2.78. The molecule has 0 saturated heterocycles. The molecule has 0 fully saturated rings. The first-order chi connectivity index (χ1) is 11.2. The fraction of sp³-hybridized carbons (Fsp3) is 0.158. The Labute approximate surface area is 136 Å². The smallest absolute Gasteiger partial charge is 0.165 e. The van der Waals surface area contributed by atoms with Crippen LogP contribution < -0.4 is 10.2 Å². The molecule has 4 nitrogen and oxygen atoms in total. The molecule has 0 aliphatic carbocycles. The number of hydrogen-bond acceptors (Lipinski definition) is 4. The van der Waals surface area contributed by atoms with Crippen LogP contribution in [-0.4, -0.2) is 18.0 Å². The number of nitrogens with one attached hydrogen (secondary N) is 1. The molecule has 23 heavy (non-hydrogen) atoms. The Morgan fingerprint density at radius 2 is 1.96 bits per heavy atom. The first kappa shape index (κ1) is 16.3. The van der Waals surface area contributed by atoms with Crippen molar-refractivity contribution in [2.24, 2.45) is 5.10 Å².